The van der Waals surface area contributed by atoms with Crippen LogP contribution in [0.5, 0.6) is 0 Å². The van der Waals surface area contributed by atoms with Crippen molar-refractivity contribution in [3.63, 3.8) is 0 Å². The lowest BCUT2D eigenvalue weighted by molar-refractivity contribution is 0.0935. The number of hydrogen-bond acceptors (Lipinski definition) is 5. The van der Waals surface area contributed by atoms with Crippen molar-refractivity contribution in [3.05, 3.63) is 47.3 Å². The van der Waals surface area contributed by atoms with E-state index in [1.165, 1.54) is 0 Å². The summed E-state index contributed by atoms with van der Waals surface area (Å²) in [7, 11) is 4.01. The van der Waals surface area contributed by atoms with Gasteiger partial charge in [0.2, 0.25) is 0 Å². The highest BCUT2D eigenvalue weighted by Crippen LogP contribution is 2.21. The van der Waals surface area contributed by atoms with E-state index in [1.54, 1.807) is 12.4 Å². The average molecular weight is 384 g/mol. The first-order valence-electron chi connectivity index (χ1n) is 9.75. The number of pyridine rings is 1. The van der Waals surface area contributed by atoms with E-state index in [0.717, 1.165) is 43.5 Å². The molecule has 1 aliphatic rings. The number of amides is 2. The standard InChI is InChI=1S/C20H28N6O2/c1-25(2)11-6-10-22-19(27)17-16-8-3-4-12-26(16)18(24-17)20(28)23-14-15-7-5-9-21-13-15/h5,7,9,13H,3-4,6,8,10-12,14H2,1-2H3,(H,22,27)(H,23,28). The fourth-order valence-electron chi connectivity index (χ4n) is 3.34. The monoisotopic (exact) mass is 384 g/mol. The van der Waals surface area contributed by atoms with Gasteiger partial charge in [-0.2, -0.15) is 0 Å². The van der Waals surface area contributed by atoms with Gasteiger partial charge < -0.3 is 20.1 Å². The topological polar surface area (TPSA) is 92.2 Å². The van der Waals surface area contributed by atoms with Crippen LogP contribution in [0.2, 0.25) is 0 Å². The molecular formula is C20H28N6O2. The van der Waals surface area contributed by atoms with Crippen LogP contribution in [0.15, 0.2) is 24.5 Å². The number of carbonyl (C=O) groups is 2. The lowest BCUT2D eigenvalue weighted by Gasteiger charge is -2.17. The van der Waals surface area contributed by atoms with E-state index in [9.17, 15) is 9.59 Å². The van der Waals surface area contributed by atoms with Crippen molar-refractivity contribution in [3.8, 4) is 0 Å². The second kappa shape index (κ2) is 9.45. The maximum Gasteiger partial charge on any atom is 0.287 e. The minimum Gasteiger partial charge on any atom is -0.351 e. The lowest BCUT2D eigenvalue weighted by Crippen LogP contribution is -2.28. The van der Waals surface area contributed by atoms with Gasteiger partial charge >= 0.3 is 0 Å². The molecule has 0 unspecified atom stereocenters. The van der Waals surface area contributed by atoms with E-state index < -0.39 is 0 Å². The fraction of sp³-hybridized carbons (Fsp3) is 0.500. The molecule has 2 amide bonds. The Morgan fingerprint density at radius 2 is 2.07 bits per heavy atom. The number of nitrogens with one attached hydrogen (secondary N) is 2. The van der Waals surface area contributed by atoms with Crippen LogP contribution >= 0.6 is 0 Å². The molecule has 0 aromatic carbocycles. The van der Waals surface area contributed by atoms with Crippen LogP contribution in [0, 0.1) is 0 Å². The number of imidazole rings is 1. The largest absolute Gasteiger partial charge is 0.351 e. The Morgan fingerprint density at radius 1 is 1.21 bits per heavy atom. The van der Waals surface area contributed by atoms with Crippen LogP contribution in [-0.2, 0) is 19.5 Å². The summed E-state index contributed by atoms with van der Waals surface area (Å²) >= 11 is 0. The zero-order chi connectivity index (χ0) is 19.9. The highest BCUT2D eigenvalue weighted by molar-refractivity contribution is 5.97. The Labute approximate surface area is 165 Å². The SMILES string of the molecule is CN(C)CCCNC(=O)c1nc(C(=O)NCc2cccnc2)n2c1CCCC2. The third-order valence-electron chi connectivity index (χ3n) is 4.78. The average Bonchev–Trinajstić information content (AvgIpc) is 3.10. The van der Waals surface area contributed by atoms with E-state index >= 15 is 0 Å². The van der Waals surface area contributed by atoms with Crippen molar-refractivity contribution in [2.24, 2.45) is 0 Å². The Bertz CT molecular complexity index is 816. The van der Waals surface area contributed by atoms with Crippen molar-refractivity contribution in [2.45, 2.75) is 38.8 Å². The molecule has 0 aliphatic carbocycles. The predicted octanol–water partition coefficient (Wildman–Crippen LogP) is 1.23. The van der Waals surface area contributed by atoms with E-state index in [1.807, 2.05) is 30.8 Å². The molecule has 0 fully saturated rings. The van der Waals surface area contributed by atoms with Crippen LogP contribution in [0.1, 0.15) is 51.6 Å². The van der Waals surface area contributed by atoms with Crippen LogP contribution in [0.3, 0.4) is 0 Å². The highest BCUT2D eigenvalue weighted by atomic mass is 16.2. The van der Waals surface area contributed by atoms with Crippen LogP contribution in [-0.4, -0.2) is 58.4 Å². The van der Waals surface area contributed by atoms with Gasteiger partial charge in [0, 0.05) is 32.0 Å². The van der Waals surface area contributed by atoms with Gasteiger partial charge in [-0.15, -0.1) is 0 Å². The van der Waals surface area contributed by atoms with E-state index in [2.05, 4.69) is 25.5 Å². The Balaban J connectivity index is 1.69. The number of fused-ring (bicyclic) bond motifs is 1. The first-order valence-corrected chi connectivity index (χ1v) is 9.75. The van der Waals surface area contributed by atoms with E-state index in [-0.39, 0.29) is 11.8 Å². The first kappa shape index (κ1) is 20.0. The molecule has 2 aromatic rings. The van der Waals surface area contributed by atoms with Crippen molar-refractivity contribution in [1.82, 2.24) is 30.1 Å². The molecule has 150 valence electrons. The third-order valence-corrected chi connectivity index (χ3v) is 4.78. The molecule has 0 bridgehead atoms. The molecule has 1 aliphatic heterocycles. The smallest absolute Gasteiger partial charge is 0.287 e. The zero-order valence-corrected chi connectivity index (χ0v) is 16.6. The van der Waals surface area contributed by atoms with Gasteiger partial charge in [0.15, 0.2) is 5.82 Å². The second-order valence-corrected chi connectivity index (χ2v) is 7.30. The molecule has 0 saturated carbocycles. The van der Waals surface area contributed by atoms with Gasteiger partial charge in [0.1, 0.15) is 5.69 Å². The molecular weight excluding hydrogens is 356 g/mol. The van der Waals surface area contributed by atoms with Crippen LogP contribution in [0.25, 0.3) is 0 Å². The van der Waals surface area contributed by atoms with Gasteiger partial charge in [-0.05, 0) is 58.0 Å². The number of aromatic nitrogens is 3. The maximum absolute atomic E-state index is 12.7. The second-order valence-electron chi connectivity index (χ2n) is 7.30. The number of rotatable bonds is 8. The summed E-state index contributed by atoms with van der Waals surface area (Å²) < 4.78 is 1.90. The molecule has 2 N–H and O–H groups in total. The molecule has 28 heavy (non-hydrogen) atoms. The molecule has 8 heteroatoms. The minimum atomic E-state index is -0.265. The first-order chi connectivity index (χ1) is 13.6. The quantitative estimate of drug-likeness (QED) is 0.668. The number of nitrogens with zero attached hydrogens (tertiary/aromatic N) is 4. The molecule has 2 aromatic heterocycles. The highest BCUT2D eigenvalue weighted by Gasteiger charge is 2.27. The van der Waals surface area contributed by atoms with Crippen molar-refractivity contribution < 1.29 is 9.59 Å². The normalized spacial score (nSPS) is 13.2. The molecule has 3 heterocycles. The molecule has 3 rings (SSSR count). The van der Waals surface area contributed by atoms with Crippen LogP contribution < -0.4 is 10.6 Å². The lowest BCUT2D eigenvalue weighted by atomic mass is 10.1. The summed E-state index contributed by atoms with van der Waals surface area (Å²) in [4.78, 5) is 35.9. The summed E-state index contributed by atoms with van der Waals surface area (Å²) in [5.74, 6) is -0.147. The van der Waals surface area contributed by atoms with E-state index in [4.69, 9.17) is 0 Å². The fourth-order valence-corrected chi connectivity index (χ4v) is 3.34. The summed E-state index contributed by atoms with van der Waals surface area (Å²) in [5, 5.41) is 5.82. The van der Waals surface area contributed by atoms with Gasteiger partial charge in [-0.25, -0.2) is 4.98 Å². The third kappa shape index (κ3) is 4.95. The molecule has 0 saturated heterocycles. The molecule has 8 nitrogen and oxygen atoms in total. The zero-order valence-electron chi connectivity index (χ0n) is 16.6. The van der Waals surface area contributed by atoms with Gasteiger partial charge in [-0.3, -0.25) is 14.6 Å². The Morgan fingerprint density at radius 3 is 2.82 bits per heavy atom. The summed E-state index contributed by atoms with van der Waals surface area (Å²) in [6.45, 7) is 2.59. The van der Waals surface area contributed by atoms with Gasteiger partial charge in [0.25, 0.3) is 11.8 Å². The van der Waals surface area contributed by atoms with Gasteiger partial charge in [0.05, 0.1) is 5.69 Å². The summed E-state index contributed by atoms with van der Waals surface area (Å²) in [6, 6.07) is 3.73. The molecule has 0 spiro atoms. The number of carbonyl (C=O) groups excluding carboxylic acids is 2. The Kier molecular flexibility index (Phi) is 6.76. The minimum absolute atomic E-state index is 0.198. The van der Waals surface area contributed by atoms with Crippen molar-refractivity contribution >= 4 is 11.8 Å². The Hall–Kier alpha value is -2.74. The summed E-state index contributed by atoms with van der Waals surface area (Å²) in [5.41, 5.74) is 2.17. The molecule has 0 radical (unpaired) electrons. The van der Waals surface area contributed by atoms with Crippen molar-refractivity contribution in [1.29, 1.82) is 0 Å². The van der Waals surface area contributed by atoms with Gasteiger partial charge in [-0.1, -0.05) is 6.07 Å². The number of hydrogen-bond donors (Lipinski definition) is 2. The summed E-state index contributed by atoms with van der Waals surface area (Å²) in [6.07, 6.45) is 7.03. The van der Waals surface area contributed by atoms with Crippen molar-refractivity contribution in [2.75, 3.05) is 27.2 Å². The predicted molar refractivity (Wildman–Crippen MR) is 106 cm³/mol. The van der Waals surface area contributed by atoms with Crippen LogP contribution in [0.4, 0.5) is 0 Å². The maximum atomic E-state index is 12.7. The van der Waals surface area contributed by atoms with E-state index in [0.29, 0.717) is 31.2 Å². The molecule has 0 atom stereocenters.